The molecule has 44 heavy (non-hydrogen) atoms. The van der Waals surface area contributed by atoms with Crippen LogP contribution in [0, 0.1) is 11.6 Å². The van der Waals surface area contributed by atoms with Crippen LogP contribution in [-0.4, -0.2) is 99.9 Å². The molecule has 3 amide bonds. The first-order valence-corrected chi connectivity index (χ1v) is 14.1. The van der Waals surface area contributed by atoms with E-state index in [1.165, 1.54) is 4.90 Å². The molecule has 0 aliphatic carbocycles. The summed E-state index contributed by atoms with van der Waals surface area (Å²) in [5.74, 6) is -3.73. The Morgan fingerprint density at radius 2 is 1.59 bits per heavy atom. The Bertz CT molecular complexity index is 1430. The Labute approximate surface area is 252 Å². The summed E-state index contributed by atoms with van der Waals surface area (Å²) in [6.45, 7) is 3.15. The maximum Gasteiger partial charge on any atom is 0.268 e. The number of fused-ring (bicyclic) bond motifs is 1. The summed E-state index contributed by atoms with van der Waals surface area (Å²) in [4.78, 5) is 42.8. The lowest BCUT2D eigenvalue weighted by Gasteiger charge is -2.22. The molecule has 3 aromatic rings. The van der Waals surface area contributed by atoms with Crippen LogP contribution in [0.1, 0.15) is 22.5 Å². The smallest absolute Gasteiger partial charge is 0.268 e. The second-order valence-electron chi connectivity index (χ2n) is 10.1. The third-order valence-electron chi connectivity index (χ3n) is 6.92. The number of ether oxygens (including phenoxy) is 4. The van der Waals surface area contributed by atoms with Gasteiger partial charge < -0.3 is 44.6 Å². The number of carbonyl (C=O) groups excluding carboxylic acids is 3. The molecule has 12 nitrogen and oxygen atoms in total. The molecule has 14 heteroatoms. The predicted molar refractivity (Wildman–Crippen MR) is 155 cm³/mol. The fourth-order valence-electron chi connectivity index (χ4n) is 4.63. The van der Waals surface area contributed by atoms with Crippen LogP contribution >= 0.6 is 0 Å². The van der Waals surface area contributed by atoms with Gasteiger partial charge in [-0.2, -0.15) is 0 Å². The van der Waals surface area contributed by atoms with Gasteiger partial charge in [0.05, 0.1) is 46.2 Å². The van der Waals surface area contributed by atoms with Crippen molar-refractivity contribution >= 4 is 34.3 Å². The van der Waals surface area contributed by atoms with E-state index in [1.807, 2.05) is 0 Å². The quantitative estimate of drug-likeness (QED) is 0.132. The highest BCUT2D eigenvalue weighted by molar-refractivity contribution is 6.16. The van der Waals surface area contributed by atoms with Crippen LogP contribution < -0.4 is 15.5 Å². The standard InChI is InChI=1S/C30H36F2N4O8/c1-41-8-9-43-12-13-44-11-10-42-7-5-33-27(37)26-17-21-16-24(2-3-25(21)35-26)36-6-4-30(40,29(36)39)28(38)34-19-20-14-22(31)18-23(32)15-20/h2-3,14-18,35,40H,4-13,19H2,1H3,(H,33,37)(H,34,38). The van der Waals surface area contributed by atoms with Gasteiger partial charge in [-0.05, 0) is 42.0 Å². The van der Waals surface area contributed by atoms with Crippen LogP contribution in [0.3, 0.4) is 0 Å². The number of aromatic nitrogens is 1. The number of amides is 3. The normalized spacial score (nSPS) is 16.5. The molecule has 1 unspecified atom stereocenters. The number of hydrogen-bond donors (Lipinski definition) is 4. The molecule has 0 radical (unpaired) electrons. The van der Waals surface area contributed by atoms with Crippen molar-refractivity contribution < 1.29 is 47.2 Å². The van der Waals surface area contributed by atoms with Gasteiger partial charge in [0.25, 0.3) is 17.7 Å². The van der Waals surface area contributed by atoms with E-state index < -0.39 is 29.0 Å². The number of carbonyl (C=O) groups is 3. The summed E-state index contributed by atoms with van der Waals surface area (Å²) in [6, 6.07) is 9.43. The van der Waals surface area contributed by atoms with Crippen molar-refractivity contribution in [1.82, 2.24) is 15.6 Å². The van der Waals surface area contributed by atoms with E-state index >= 15 is 0 Å². The molecule has 238 valence electrons. The summed E-state index contributed by atoms with van der Waals surface area (Å²) >= 11 is 0. The van der Waals surface area contributed by atoms with Crippen molar-refractivity contribution in [2.45, 2.75) is 18.6 Å². The Morgan fingerprint density at radius 1 is 0.932 bits per heavy atom. The van der Waals surface area contributed by atoms with Gasteiger partial charge in [-0.15, -0.1) is 0 Å². The average Bonchev–Trinajstić information content (AvgIpc) is 3.56. The van der Waals surface area contributed by atoms with Gasteiger partial charge in [0.15, 0.2) is 0 Å². The monoisotopic (exact) mass is 618 g/mol. The third kappa shape index (κ3) is 8.57. The minimum absolute atomic E-state index is 0.0633. The van der Waals surface area contributed by atoms with Crippen LogP contribution in [-0.2, 0) is 35.1 Å². The van der Waals surface area contributed by atoms with E-state index in [1.54, 1.807) is 31.4 Å². The van der Waals surface area contributed by atoms with Crippen molar-refractivity contribution in [2.24, 2.45) is 0 Å². The minimum Gasteiger partial charge on any atom is -0.382 e. The topological polar surface area (TPSA) is 151 Å². The van der Waals surface area contributed by atoms with Crippen molar-refractivity contribution in [1.29, 1.82) is 0 Å². The van der Waals surface area contributed by atoms with E-state index in [0.29, 0.717) is 74.6 Å². The van der Waals surface area contributed by atoms with E-state index in [4.69, 9.17) is 18.9 Å². The van der Waals surface area contributed by atoms with Crippen LogP contribution in [0.2, 0.25) is 0 Å². The molecule has 1 atom stereocenters. The molecule has 0 saturated carbocycles. The van der Waals surface area contributed by atoms with Crippen molar-refractivity contribution in [3.63, 3.8) is 0 Å². The Morgan fingerprint density at radius 3 is 2.27 bits per heavy atom. The number of aliphatic hydroxyl groups is 1. The van der Waals surface area contributed by atoms with Crippen LogP contribution in [0.25, 0.3) is 10.9 Å². The first-order valence-electron chi connectivity index (χ1n) is 14.1. The summed E-state index contributed by atoms with van der Waals surface area (Å²) in [6.07, 6.45) is -0.175. The molecular formula is C30H36F2N4O8. The molecule has 0 spiro atoms. The average molecular weight is 619 g/mol. The van der Waals surface area contributed by atoms with Crippen LogP contribution in [0.4, 0.5) is 14.5 Å². The SMILES string of the molecule is COCCOCCOCCOCCNC(=O)c1cc2cc(N3CCC(O)(C(=O)NCc4cc(F)cc(F)c4)C3=O)ccc2[nH]1. The van der Waals surface area contributed by atoms with Crippen LogP contribution in [0.15, 0.2) is 42.5 Å². The van der Waals surface area contributed by atoms with E-state index in [2.05, 4.69) is 15.6 Å². The molecular weight excluding hydrogens is 582 g/mol. The Balaban J connectivity index is 1.23. The van der Waals surface area contributed by atoms with Gasteiger partial charge in [0, 0.05) is 55.8 Å². The van der Waals surface area contributed by atoms with E-state index in [0.717, 1.165) is 12.1 Å². The van der Waals surface area contributed by atoms with Gasteiger partial charge in [-0.3, -0.25) is 14.4 Å². The van der Waals surface area contributed by atoms with Crippen molar-refractivity contribution in [3.05, 3.63) is 65.4 Å². The summed E-state index contributed by atoms with van der Waals surface area (Å²) in [5, 5.41) is 16.7. The van der Waals surface area contributed by atoms with Crippen molar-refractivity contribution in [3.8, 4) is 0 Å². The highest BCUT2D eigenvalue weighted by Gasteiger charge is 2.51. The second kappa shape index (κ2) is 15.7. The summed E-state index contributed by atoms with van der Waals surface area (Å²) in [7, 11) is 1.61. The van der Waals surface area contributed by atoms with Crippen molar-refractivity contribution in [2.75, 3.05) is 71.3 Å². The number of rotatable bonds is 17. The lowest BCUT2D eigenvalue weighted by molar-refractivity contribution is -0.149. The zero-order valence-electron chi connectivity index (χ0n) is 24.3. The number of halogens is 2. The second-order valence-corrected chi connectivity index (χ2v) is 10.1. The fraction of sp³-hybridized carbons (Fsp3) is 0.433. The third-order valence-corrected chi connectivity index (χ3v) is 6.92. The molecule has 0 bridgehead atoms. The Kier molecular flexibility index (Phi) is 11.7. The zero-order chi connectivity index (χ0) is 31.5. The molecule has 2 aromatic carbocycles. The van der Waals surface area contributed by atoms with E-state index in [9.17, 15) is 28.3 Å². The molecule has 1 fully saturated rings. The highest BCUT2D eigenvalue weighted by atomic mass is 19.1. The highest BCUT2D eigenvalue weighted by Crippen LogP contribution is 2.31. The number of nitrogens with zero attached hydrogens (tertiary/aromatic N) is 1. The largest absolute Gasteiger partial charge is 0.382 e. The molecule has 4 rings (SSSR count). The summed E-state index contributed by atoms with van der Waals surface area (Å²) in [5.41, 5.74) is -0.794. The molecule has 1 aliphatic heterocycles. The zero-order valence-corrected chi connectivity index (χ0v) is 24.3. The first kappa shape index (κ1) is 33.0. The summed E-state index contributed by atoms with van der Waals surface area (Å²) < 4.78 is 47.9. The number of methoxy groups -OCH3 is 1. The van der Waals surface area contributed by atoms with Gasteiger partial charge >= 0.3 is 0 Å². The number of hydrogen-bond acceptors (Lipinski definition) is 8. The first-order chi connectivity index (χ1) is 21.2. The molecule has 1 aliphatic rings. The van der Waals surface area contributed by atoms with E-state index in [-0.39, 0.29) is 37.5 Å². The maximum absolute atomic E-state index is 13.4. The minimum atomic E-state index is -2.34. The number of H-pyrrole nitrogens is 1. The van der Waals surface area contributed by atoms with Gasteiger partial charge in [-0.1, -0.05) is 0 Å². The fourth-order valence-corrected chi connectivity index (χ4v) is 4.63. The van der Waals surface area contributed by atoms with Gasteiger partial charge in [-0.25, -0.2) is 8.78 Å². The molecule has 1 saturated heterocycles. The lowest BCUT2D eigenvalue weighted by Crippen LogP contribution is -2.52. The number of anilines is 1. The molecule has 1 aromatic heterocycles. The predicted octanol–water partition coefficient (Wildman–Crippen LogP) is 1.66. The number of nitrogens with one attached hydrogen (secondary N) is 3. The molecule has 2 heterocycles. The molecule has 4 N–H and O–H groups in total. The lowest BCUT2D eigenvalue weighted by atomic mass is 10.0. The number of aromatic amines is 1. The maximum atomic E-state index is 13.4. The van der Waals surface area contributed by atoms with Gasteiger partial charge in [0.2, 0.25) is 5.60 Å². The van der Waals surface area contributed by atoms with Crippen LogP contribution in [0.5, 0.6) is 0 Å². The number of benzene rings is 2. The Hall–Kier alpha value is -3.95. The van der Waals surface area contributed by atoms with Gasteiger partial charge in [0.1, 0.15) is 17.3 Å².